The molecule has 0 fully saturated rings. The lowest BCUT2D eigenvalue weighted by Gasteiger charge is -2.24. The molecule has 0 N–H and O–H groups in total. The Balaban J connectivity index is 2.53. The number of amides is 1. The third-order valence-corrected chi connectivity index (χ3v) is 1.85. The Morgan fingerprint density at radius 1 is 1.50 bits per heavy atom. The Morgan fingerprint density at radius 3 is 2.69 bits per heavy atom. The number of pyridine rings is 1. The third-order valence-electron chi connectivity index (χ3n) is 1.85. The fraction of sp³-hybridized carbons (Fsp3) is 0.500. The van der Waals surface area contributed by atoms with E-state index in [0.717, 1.165) is 5.56 Å². The second-order valence-corrected chi connectivity index (χ2v) is 4.70. The summed E-state index contributed by atoms with van der Waals surface area (Å²) < 4.78 is 5.24. The highest BCUT2D eigenvalue weighted by Crippen LogP contribution is 2.10. The van der Waals surface area contributed by atoms with Gasteiger partial charge < -0.3 is 9.64 Å². The Morgan fingerprint density at radius 2 is 2.19 bits per heavy atom. The molecule has 0 aliphatic rings. The molecule has 1 aromatic heterocycles. The zero-order valence-electron chi connectivity index (χ0n) is 10.2. The van der Waals surface area contributed by atoms with Crippen molar-refractivity contribution in [2.45, 2.75) is 32.9 Å². The van der Waals surface area contributed by atoms with Gasteiger partial charge in [-0.3, -0.25) is 4.98 Å². The lowest BCUT2D eigenvalue weighted by molar-refractivity contribution is 0.0285. The molecule has 0 atom stereocenters. The Bertz CT molecular complexity index is 344. The number of aromatic nitrogens is 1. The van der Waals surface area contributed by atoms with Crippen LogP contribution in [0, 0.1) is 0 Å². The molecule has 1 aromatic rings. The summed E-state index contributed by atoms with van der Waals surface area (Å²) in [6.07, 6.45) is 3.12. The zero-order chi connectivity index (χ0) is 12.2. The van der Waals surface area contributed by atoms with Gasteiger partial charge in [0.25, 0.3) is 0 Å². The summed E-state index contributed by atoms with van der Waals surface area (Å²) in [6.45, 7) is 6.05. The molecule has 0 saturated heterocycles. The Kier molecular flexibility index (Phi) is 3.88. The van der Waals surface area contributed by atoms with Crippen LogP contribution in [0.3, 0.4) is 0 Å². The average molecular weight is 222 g/mol. The van der Waals surface area contributed by atoms with Gasteiger partial charge in [0.1, 0.15) is 5.60 Å². The minimum atomic E-state index is -0.458. The van der Waals surface area contributed by atoms with Gasteiger partial charge in [-0.2, -0.15) is 0 Å². The van der Waals surface area contributed by atoms with Gasteiger partial charge in [0.05, 0.1) is 6.54 Å². The second kappa shape index (κ2) is 4.96. The Hall–Kier alpha value is -1.58. The van der Waals surface area contributed by atoms with Crippen LogP contribution in [0.25, 0.3) is 0 Å². The van der Waals surface area contributed by atoms with E-state index in [9.17, 15) is 4.79 Å². The molecule has 0 aromatic carbocycles. The minimum Gasteiger partial charge on any atom is -0.444 e. The molecule has 1 amide bonds. The van der Waals surface area contributed by atoms with E-state index in [1.165, 1.54) is 4.90 Å². The lowest BCUT2D eigenvalue weighted by Crippen LogP contribution is -2.33. The van der Waals surface area contributed by atoms with Crippen molar-refractivity contribution in [3.05, 3.63) is 30.1 Å². The fourth-order valence-electron chi connectivity index (χ4n) is 1.17. The van der Waals surface area contributed by atoms with Crippen LogP contribution in [-0.2, 0) is 11.3 Å². The van der Waals surface area contributed by atoms with Crippen LogP contribution in [0.15, 0.2) is 24.5 Å². The smallest absolute Gasteiger partial charge is 0.410 e. The minimum absolute atomic E-state index is 0.323. The van der Waals surface area contributed by atoms with Crippen molar-refractivity contribution >= 4 is 6.09 Å². The first-order chi connectivity index (χ1) is 7.38. The molecule has 0 aliphatic heterocycles. The molecule has 0 radical (unpaired) electrons. The van der Waals surface area contributed by atoms with Crippen LogP contribution in [0.1, 0.15) is 26.3 Å². The maximum absolute atomic E-state index is 11.6. The zero-order valence-corrected chi connectivity index (χ0v) is 10.2. The molecule has 0 saturated carbocycles. The van der Waals surface area contributed by atoms with Crippen LogP contribution in [0.5, 0.6) is 0 Å². The SMILES string of the molecule is CN(Cc1cccnc1)C(=O)OC(C)(C)C. The van der Waals surface area contributed by atoms with Crippen molar-refractivity contribution in [1.29, 1.82) is 0 Å². The second-order valence-electron chi connectivity index (χ2n) is 4.70. The summed E-state index contributed by atoms with van der Waals surface area (Å²) in [4.78, 5) is 17.2. The largest absolute Gasteiger partial charge is 0.444 e. The first kappa shape index (κ1) is 12.5. The van der Waals surface area contributed by atoms with Crippen LogP contribution >= 0.6 is 0 Å². The highest BCUT2D eigenvalue weighted by atomic mass is 16.6. The maximum Gasteiger partial charge on any atom is 0.410 e. The number of ether oxygens (including phenoxy) is 1. The van der Waals surface area contributed by atoms with Crippen LogP contribution in [0.2, 0.25) is 0 Å². The van der Waals surface area contributed by atoms with E-state index in [4.69, 9.17) is 4.74 Å². The maximum atomic E-state index is 11.6. The van der Waals surface area contributed by atoms with Crippen molar-refractivity contribution < 1.29 is 9.53 Å². The van der Waals surface area contributed by atoms with E-state index in [2.05, 4.69) is 4.98 Å². The van der Waals surface area contributed by atoms with Gasteiger partial charge in [-0.15, -0.1) is 0 Å². The van der Waals surface area contributed by atoms with Crippen molar-refractivity contribution in [2.75, 3.05) is 7.05 Å². The molecule has 0 unspecified atom stereocenters. The number of hydrogen-bond acceptors (Lipinski definition) is 3. The predicted molar refractivity (Wildman–Crippen MR) is 61.9 cm³/mol. The van der Waals surface area contributed by atoms with E-state index >= 15 is 0 Å². The Labute approximate surface area is 96.2 Å². The van der Waals surface area contributed by atoms with E-state index in [0.29, 0.717) is 6.54 Å². The molecule has 1 heterocycles. The van der Waals surface area contributed by atoms with Gasteiger partial charge in [-0.1, -0.05) is 6.07 Å². The molecule has 0 aliphatic carbocycles. The van der Waals surface area contributed by atoms with Gasteiger partial charge in [-0.25, -0.2) is 4.79 Å². The van der Waals surface area contributed by atoms with Crippen molar-refractivity contribution in [2.24, 2.45) is 0 Å². The topological polar surface area (TPSA) is 42.4 Å². The number of carbonyl (C=O) groups is 1. The molecule has 4 heteroatoms. The molecule has 0 spiro atoms. The summed E-state index contributed by atoms with van der Waals surface area (Å²) in [5.41, 5.74) is 0.524. The van der Waals surface area contributed by atoms with Gasteiger partial charge in [0.15, 0.2) is 0 Å². The van der Waals surface area contributed by atoms with E-state index < -0.39 is 5.60 Å². The quantitative estimate of drug-likeness (QED) is 0.771. The molecule has 0 bridgehead atoms. The summed E-state index contributed by atoms with van der Waals surface area (Å²) in [7, 11) is 1.71. The number of nitrogens with zero attached hydrogens (tertiary/aromatic N) is 2. The third kappa shape index (κ3) is 4.29. The van der Waals surface area contributed by atoms with Crippen LogP contribution in [-0.4, -0.2) is 28.6 Å². The van der Waals surface area contributed by atoms with Crippen molar-refractivity contribution in [3.8, 4) is 0 Å². The highest BCUT2D eigenvalue weighted by Gasteiger charge is 2.19. The molecule has 4 nitrogen and oxygen atoms in total. The van der Waals surface area contributed by atoms with Gasteiger partial charge in [0.2, 0.25) is 0 Å². The summed E-state index contributed by atoms with van der Waals surface area (Å²) in [5.74, 6) is 0. The molecule has 1 rings (SSSR count). The van der Waals surface area contributed by atoms with Crippen LogP contribution < -0.4 is 0 Å². The van der Waals surface area contributed by atoms with E-state index in [-0.39, 0.29) is 6.09 Å². The van der Waals surface area contributed by atoms with Gasteiger partial charge >= 0.3 is 6.09 Å². The predicted octanol–water partition coefficient (Wildman–Crippen LogP) is 2.45. The summed E-state index contributed by atoms with van der Waals surface area (Å²) >= 11 is 0. The first-order valence-electron chi connectivity index (χ1n) is 5.21. The molecule has 16 heavy (non-hydrogen) atoms. The monoisotopic (exact) mass is 222 g/mol. The first-order valence-corrected chi connectivity index (χ1v) is 5.21. The van der Waals surface area contributed by atoms with Gasteiger partial charge in [0, 0.05) is 19.4 Å². The normalized spacial score (nSPS) is 11.0. The number of hydrogen-bond donors (Lipinski definition) is 0. The molecular weight excluding hydrogens is 204 g/mol. The number of rotatable bonds is 2. The molecular formula is C12H18N2O2. The summed E-state index contributed by atoms with van der Waals surface area (Å²) in [6, 6.07) is 3.77. The van der Waals surface area contributed by atoms with Crippen molar-refractivity contribution in [3.63, 3.8) is 0 Å². The summed E-state index contributed by atoms with van der Waals surface area (Å²) in [5, 5.41) is 0. The average Bonchev–Trinajstić information content (AvgIpc) is 2.16. The van der Waals surface area contributed by atoms with Crippen LogP contribution in [0.4, 0.5) is 4.79 Å². The fourth-order valence-corrected chi connectivity index (χ4v) is 1.17. The highest BCUT2D eigenvalue weighted by molar-refractivity contribution is 5.67. The lowest BCUT2D eigenvalue weighted by atomic mass is 10.2. The van der Waals surface area contributed by atoms with Gasteiger partial charge in [-0.05, 0) is 32.4 Å². The van der Waals surface area contributed by atoms with Crippen molar-refractivity contribution in [1.82, 2.24) is 9.88 Å². The van der Waals surface area contributed by atoms with E-state index in [1.807, 2.05) is 32.9 Å². The number of carbonyl (C=O) groups excluding carboxylic acids is 1. The molecule has 88 valence electrons. The standard InChI is InChI=1S/C12H18N2O2/c1-12(2,3)16-11(15)14(4)9-10-6-5-7-13-8-10/h5-8H,9H2,1-4H3. The van der Waals surface area contributed by atoms with E-state index in [1.54, 1.807) is 19.4 Å².